The Kier molecular flexibility index (Phi) is 3.25. The number of fused-ring (bicyclic) bond motifs is 1. The van der Waals surface area contributed by atoms with E-state index in [1.165, 1.54) is 5.57 Å². The van der Waals surface area contributed by atoms with Gasteiger partial charge in [0.15, 0.2) is 11.9 Å². The molecule has 2 aliphatic carbocycles. The Morgan fingerprint density at radius 2 is 2.18 bits per heavy atom. The van der Waals surface area contributed by atoms with Crippen LogP contribution in [-0.4, -0.2) is 29.0 Å². The molecule has 17 heavy (non-hydrogen) atoms. The molecule has 2 aliphatic rings. The molecule has 2 heteroatoms. The van der Waals surface area contributed by atoms with Gasteiger partial charge in [0.05, 0.1) is 12.0 Å². The molecule has 1 N–H and O–H groups in total. The quantitative estimate of drug-likeness (QED) is 0.568. The molecule has 2 atom stereocenters. The van der Waals surface area contributed by atoms with Crippen LogP contribution in [-0.2, 0) is 0 Å². The number of hydrogen-bond donors (Lipinski definition) is 1. The molecule has 0 radical (unpaired) electrons. The highest BCUT2D eigenvalue weighted by Gasteiger charge is 2.35. The second kappa shape index (κ2) is 4.68. The molecule has 0 amide bonds. The van der Waals surface area contributed by atoms with Crippen molar-refractivity contribution >= 4 is 6.21 Å². The predicted octanol–water partition coefficient (Wildman–Crippen LogP) is 2.20. The van der Waals surface area contributed by atoms with Gasteiger partial charge in [0.2, 0.25) is 0 Å². The number of allylic oxidation sites excluding steroid dienone is 6. The summed E-state index contributed by atoms with van der Waals surface area (Å²) in [7, 11) is 1.99. The van der Waals surface area contributed by atoms with Gasteiger partial charge in [-0.1, -0.05) is 37.0 Å². The van der Waals surface area contributed by atoms with E-state index in [1.807, 2.05) is 30.0 Å². The third kappa shape index (κ3) is 2.08. The molecule has 0 aromatic rings. The van der Waals surface area contributed by atoms with Gasteiger partial charge in [0.1, 0.15) is 7.05 Å². The summed E-state index contributed by atoms with van der Waals surface area (Å²) in [4.78, 5) is 0. The van der Waals surface area contributed by atoms with Crippen molar-refractivity contribution in [1.29, 1.82) is 0 Å². The van der Waals surface area contributed by atoms with Crippen LogP contribution >= 0.6 is 0 Å². The second-order valence-corrected chi connectivity index (χ2v) is 4.42. The summed E-state index contributed by atoms with van der Waals surface area (Å²) in [5, 5.41) is 10.1. The maximum absolute atomic E-state index is 10.1. The molecule has 2 unspecified atom stereocenters. The topological polar surface area (TPSA) is 23.2 Å². The van der Waals surface area contributed by atoms with E-state index < -0.39 is 6.10 Å². The van der Waals surface area contributed by atoms with E-state index in [0.29, 0.717) is 0 Å². The van der Waals surface area contributed by atoms with Gasteiger partial charge in [-0.2, -0.15) is 0 Å². The van der Waals surface area contributed by atoms with Gasteiger partial charge in [0.25, 0.3) is 0 Å². The molecule has 88 valence electrons. The maximum atomic E-state index is 10.1. The zero-order valence-corrected chi connectivity index (χ0v) is 10.3. The third-order valence-corrected chi connectivity index (χ3v) is 3.23. The van der Waals surface area contributed by atoms with E-state index in [1.54, 1.807) is 6.08 Å². The summed E-state index contributed by atoms with van der Waals surface area (Å²) in [5.41, 5.74) is 3.47. The van der Waals surface area contributed by atoms with Crippen LogP contribution in [0.4, 0.5) is 0 Å². The Balaban J connectivity index is 2.51. The highest BCUT2D eigenvalue weighted by atomic mass is 16.3. The maximum Gasteiger partial charge on any atom is 0.194 e. The van der Waals surface area contributed by atoms with Crippen LogP contribution < -0.4 is 0 Å². The number of nitrogens with zero attached hydrogens (tertiary/aromatic N) is 1. The van der Waals surface area contributed by atoms with Gasteiger partial charge in [-0.05, 0) is 18.6 Å². The molecular formula is C15H18NO+. The number of hydrogen-bond acceptors (Lipinski definition) is 1. The van der Waals surface area contributed by atoms with Crippen LogP contribution in [0.1, 0.15) is 6.92 Å². The molecule has 0 aliphatic heterocycles. The average Bonchev–Trinajstić information content (AvgIpc) is 2.30. The Morgan fingerprint density at radius 3 is 2.88 bits per heavy atom. The highest BCUT2D eigenvalue weighted by molar-refractivity contribution is 5.65. The van der Waals surface area contributed by atoms with Crippen molar-refractivity contribution < 1.29 is 9.68 Å². The van der Waals surface area contributed by atoms with Gasteiger partial charge in [-0.15, -0.1) is 0 Å². The lowest BCUT2D eigenvalue weighted by Gasteiger charge is -2.27. The normalized spacial score (nSPS) is 27.9. The van der Waals surface area contributed by atoms with Gasteiger partial charge < -0.3 is 5.11 Å². The Bertz CT molecular complexity index is 489. The standard InChI is InChI=1S/C15H18NO/c1-4-10-16(3)15-11(2)8-9-12-6-5-7-13(17)14(12)15/h4-10,13-14,17H,1H2,2-3H3/q+1. The van der Waals surface area contributed by atoms with Gasteiger partial charge in [-0.25, -0.2) is 4.58 Å². The zero-order valence-electron chi connectivity index (χ0n) is 10.3. The van der Waals surface area contributed by atoms with Crippen LogP contribution in [0.5, 0.6) is 0 Å². The van der Waals surface area contributed by atoms with E-state index in [4.69, 9.17) is 0 Å². The summed E-state index contributed by atoms with van der Waals surface area (Å²) >= 11 is 0. The predicted molar refractivity (Wildman–Crippen MR) is 71.0 cm³/mol. The number of aliphatic hydroxyl groups excluding tert-OH is 1. The van der Waals surface area contributed by atoms with Crippen LogP contribution in [0.15, 0.2) is 59.9 Å². The van der Waals surface area contributed by atoms with Gasteiger partial charge in [-0.3, -0.25) is 0 Å². The minimum absolute atomic E-state index is 0.0335. The fourth-order valence-electron chi connectivity index (χ4n) is 2.46. The minimum atomic E-state index is -0.453. The molecule has 0 spiro atoms. The van der Waals surface area contributed by atoms with Crippen molar-refractivity contribution in [2.24, 2.45) is 5.92 Å². The molecule has 2 nitrogen and oxygen atoms in total. The van der Waals surface area contributed by atoms with Crippen molar-refractivity contribution in [3.63, 3.8) is 0 Å². The lowest BCUT2D eigenvalue weighted by molar-refractivity contribution is -0.447. The monoisotopic (exact) mass is 228 g/mol. The van der Waals surface area contributed by atoms with Gasteiger partial charge in [0, 0.05) is 5.57 Å². The first kappa shape index (κ1) is 11.8. The lowest BCUT2D eigenvalue weighted by Crippen LogP contribution is -2.30. The van der Waals surface area contributed by atoms with Crippen molar-refractivity contribution in [2.45, 2.75) is 13.0 Å². The number of aliphatic hydroxyl groups is 1. The van der Waals surface area contributed by atoms with Crippen LogP contribution in [0.3, 0.4) is 0 Å². The third-order valence-electron chi connectivity index (χ3n) is 3.23. The molecule has 0 aromatic heterocycles. The van der Waals surface area contributed by atoms with E-state index in [9.17, 15) is 5.11 Å². The van der Waals surface area contributed by atoms with E-state index in [2.05, 4.69) is 31.7 Å². The smallest absolute Gasteiger partial charge is 0.194 e. The second-order valence-electron chi connectivity index (χ2n) is 4.42. The highest BCUT2D eigenvalue weighted by Crippen LogP contribution is 2.34. The molecule has 0 saturated carbocycles. The Hall–Kier alpha value is -1.67. The summed E-state index contributed by atoms with van der Waals surface area (Å²) in [6, 6.07) is 0. The molecule has 0 fully saturated rings. The van der Waals surface area contributed by atoms with Crippen molar-refractivity contribution in [3.05, 3.63) is 59.9 Å². The van der Waals surface area contributed by atoms with E-state index >= 15 is 0 Å². The lowest BCUT2D eigenvalue weighted by atomic mass is 9.81. The average molecular weight is 228 g/mol. The molecule has 0 aromatic carbocycles. The molecule has 0 saturated heterocycles. The van der Waals surface area contributed by atoms with Crippen molar-refractivity contribution in [1.82, 2.24) is 0 Å². The zero-order chi connectivity index (χ0) is 12.4. The summed E-state index contributed by atoms with van der Waals surface area (Å²) in [6.07, 6.45) is 13.2. The number of rotatable bonds is 2. The fourth-order valence-corrected chi connectivity index (χ4v) is 2.46. The summed E-state index contributed by atoms with van der Waals surface area (Å²) < 4.78 is 2.03. The van der Waals surface area contributed by atoms with E-state index in [0.717, 1.165) is 11.3 Å². The van der Waals surface area contributed by atoms with Crippen LogP contribution in [0.25, 0.3) is 0 Å². The fraction of sp³-hybridized carbons (Fsp3) is 0.267. The first-order valence-corrected chi connectivity index (χ1v) is 5.79. The summed E-state index contributed by atoms with van der Waals surface area (Å²) in [6.45, 7) is 5.79. The first-order chi connectivity index (χ1) is 8.15. The Labute approximate surface area is 102 Å². The first-order valence-electron chi connectivity index (χ1n) is 5.79. The summed E-state index contributed by atoms with van der Waals surface area (Å²) in [5.74, 6) is 0.0335. The van der Waals surface area contributed by atoms with Crippen LogP contribution in [0, 0.1) is 5.92 Å². The molecular weight excluding hydrogens is 210 g/mol. The van der Waals surface area contributed by atoms with Crippen molar-refractivity contribution in [3.8, 4) is 0 Å². The molecule has 0 bridgehead atoms. The SMILES string of the molecule is C=CC=[N+](C)C1=C(C)C=CC2=CC=CC(O)C21. The largest absolute Gasteiger partial charge is 0.388 e. The minimum Gasteiger partial charge on any atom is -0.388 e. The Morgan fingerprint density at radius 1 is 1.41 bits per heavy atom. The van der Waals surface area contributed by atoms with Gasteiger partial charge >= 0.3 is 0 Å². The van der Waals surface area contributed by atoms with E-state index in [-0.39, 0.29) is 5.92 Å². The molecule has 2 rings (SSSR count). The van der Waals surface area contributed by atoms with Crippen molar-refractivity contribution in [2.75, 3.05) is 7.05 Å². The molecule has 0 heterocycles. The van der Waals surface area contributed by atoms with Crippen LogP contribution in [0.2, 0.25) is 0 Å².